The van der Waals surface area contributed by atoms with Crippen LogP contribution in [0.2, 0.25) is 0 Å². The molecular formula is C12H9N3O3. The van der Waals surface area contributed by atoms with Crippen molar-refractivity contribution in [2.75, 3.05) is 0 Å². The maximum atomic E-state index is 11.3. The van der Waals surface area contributed by atoms with Crippen LogP contribution in [0.5, 0.6) is 0 Å². The van der Waals surface area contributed by atoms with Gasteiger partial charge in [-0.25, -0.2) is 4.73 Å². The third-order valence-electron chi connectivity index (χ3n) is 2.25. The zero-order chi connectivity index (χ0) is 13.0. The van der Waals surface area contributed by atoms with Gasteiger partial charge >= 0.3 is 5.82 Å². The fourth-order valence-corrected chi connectivity index (χ4v) is 1.34. The van der Waals surface area contributed by atoms with Crippen molar-refractivity contribution in [3.63, 3.8) is 0 Å². The molecule has 0 saturated heterocycles. The Labute approximate surface area is 103 Å². The summed E-state index contributed by atoms with van der Waals surface area (Å²) in [6, 6.07) is 10.8. The molecule has 0 fully saturated rings. The van der Waals surface area contributed by atoms with E-state index in [-0.39, 0.29) is 11.5 Å². The molecule has 0 aliphatic rings. The van der Waals surface area contributed by atoms with E-state index < -0.39 is 4.92 Å². The molecule has 0 atom stereocenters. The Morgan fingerprint density at radius 2 is 1.89 bits per heavy atom. The van der Waals surface area contributed by atoms with Crippen molar-refractivity contribution in [2.24, 2.45) is 4.99 Å². The van der Waals surface area contributed by atoms with Gasteiger partial charge in [0.1, 0.15) is 6.21 Å². The van der Waals surface area contributed by atoms with Crippen molar-refractivity contribution in [1.82, 2.24) is 0 Å². The van der Waals surface area contributed by atoms with Crippen LogP contribution in [-0.4, -0.2) is 11.1 Å². The molecule has 90 valence electrons. The molecule has 0 N–H and O–H groups in total. The predicted molar refractivity (Wildman–Crippen MR) is 65.8 cm³/mol. The van der Waals surface area contributed by atoms with Gasteiger partial charge in [-0.15, -0.1) is 0 Å². The van der Waals surface area contributed by atoms with E-state index in [1.165, 1.54) is 24.5 Å². The summed E-state index contributed by atoms with van der Waals surface area (Å²) < 4.78 is 0.641. The van der Waals surface area contributed by atoms with Crippen LogP contribution in [0.25, 0.3) is 0 Å². The summed E-state index contributed by atoms with van der Waals surface area (Å²) in [4.78, 5) is 14.0. The highest BCUT2D eigenvalue weighted by Crippen LogP contribution is 2.11. The Morgan fingerprint density at radius 3 is 2.50 bits per heavy atom. The van der Waals surface area contributed by atoms with E-state index in [9.17, 15) is 15.3 Å². The minimum Gasteiger partial charge on any atom is -0.710 e. The number of aromatic nitrogens is 1. The smallest absolute Gasteiger partial charge is 0.325 e. The summed E-state index contributed by atoms with van der Waals surface area (Å²) in [7, 11) is 0. The zero-order valence-corrected chi connectivity index (χ0v) is 9.26. The number of hydrogen-bond acceptors (Lipinski definition) is 4. The molecule has 18 heavy (non-hydrogen) atoms. The van der Waals surface area contributed by atoms with Gasteiger partial charge in [0.2, 0.25) is 0 Å². The molecule has 1 aromatic heterocycles. The Morgan fingerprint density at radius 1 is 1.17 bits per heavy atom. The highest BCUT2D eigenvalue weighted by molar-refractivity contribution is 5.81. The number of hydrogen-bond donors (Lipinski definition) is 0. The van der Waals surface area contributed by atoms with Gasteiger partial charge in [0.05, 0.1) is 11.1 Å². The summed E-state index contributed by atoms with van der Waals surface area (Å²) in [6.07, 6.45) is 2.83. The normalized spacial score (nSPS) is 10.7. The molecule has 6 heteroatoms. The van der Waals surface area contributed by atoms with Gasteiger partial charge in [0.15, 0.2) is 0 Å². The molecule has 6 nitrogen and oxygen atoms in total. The van der Waals surface area contributed by atoms with Crippen LogP contribution < -0.4 is 4.73 Å². The lowest BCUT2D eigenvalue weighted by molar-refractivity contribution is -0.591. The van der Waals surface area contributed by atoms with Crippen LogP contribution in [0, 0.1) is 15.3 Å². The van der Waals surface area contributed by atoms with Crippen molar-refractivity contribution in [1.29, 1.82) is 0 Å². The monoisotopic (exact) mass is 243 g/mol. The zero-order valence-electron chi connectivity index (χ0n) is 9.26. The predicted octanol–water partition coefficient (Wildman–Crippen LogP) is 1.98. The largest absolute Gasteiger partial charge is 0.710 e. The fourth-order valence-electron chi connectivity index (χ4n) is 1.34. The Hall–Kier alpha value is -2.76. The molecule has 0 aliphatic heterocycles. The minimum atomic E-state index is -0.469. The first kappa shape index (κ1) is 11.7. The molecular weight excluding hydrogens is 234 g/mol. The van der Waals surface area contributed by atoms with Crippen LogP contribution in [0.4, 0.5) is 11.5 Å². The molecule has 0 aliphatic carbocycles. The summed E-state index contributed by atoms with van der Waals surface area (Å²) in [5, 5.41) is 21.8. The number of non-ortho nitro benzene ring substituents is 1. The van der Waals surface area contributed by atoms with Crippen molar-refractivity contribution >= 4 is 17.7 Å². The van der Waals surface area contributed by atoms with Gasteiger partial charge < -0.3 is 5.21 Å². The number of nitrogens with zero attached hydrogens (tertiary/aromatic N) is 3. The number of nitro groups is 1. The highest BCUT2D eigenvalue weighted by Gasteiger charge is 2.04. The second kappa shape index (κ2) is 5.05. The van der Waals surface area contributed by atoms with Gasteiger partial charge in [0, 0.05) is 23.8 Å². The van der Waals surface area contributed by atoms with Crippen LogP contribution >= 0.6 is 0 Å². The molecule has 0 radical (unpaired) electrons. The molecule has 0 bridgehead atoms. The molecule has 2 rings (SSSR count). The molecule has 1 heterocycles. The van der Waals surface area contributed by atoms with Crippen molar-refractivity contribution in [2.45, 2.75) is 0 Å². The van der Waals surface area contributed by atoms with E-state index in [4.69, 9.17) is 0 Å². The van der Waals surface area contributed by atoms with Gasteiger partial charge in [0.25, 0.3) is 5.69 Å². The van der Waals surface area contributed by atoms with Gasteiger partial charge in [-0.1, -0.05) is 6.07 Å². The van der Waals surface area contributed by atoms with E-state index >= 15 is 0 Å². The molecule has 0 unspecified atom stereocenters. The topological polar surface area (TPSA) is 82.4 Å². The van der Waals surface area contributed by atoms with Gasteiger partial charge in [-0.05, 0) is 23.2 Å². The molecule has 2 aromatic rings. The van der Waals surface area contributed by atoms with E-state index in [2.05, 4.69) is 4.99 Å². The quantitative estimate of drug-likeness (QED) is 0.271. The second-order valence-corrected chi connectivity index (χ2v) is 3.49. The van der Waals surface area contributed by atoms with E-state index in [0.717, 1.165) is 0 Å². The number of nitro benzene ring substituents is 1. The molecule has 0 amide bonds. The van der Waals surface area contributed by atoms with Crippen LogP contribution in [0.1, 0.15) is 5.56 Å². The van der Waals surface area contributed by atoms with E-state index in [1.807, 2.05) is 0 Å². The average molecular weight is 243 g/mol. The summed E-state index contributed by atoms with van der Waals surface area (Å²) in [5.41, 5.74) is 0.704. The number of benzene rings is 1. The lowest BCUT2D eigenvalue weighted by Crippen LogP contribution is -2.24. The molecule has 0 spiro atoms. The maximum Gasteiger partial charge on any atom is 0.325 e. The van der Waals surface area contributed by atoms with Gasteiger partial charge in [-0.3, -0.25) is 10.1 Å². The Bertz CT molecular complexity index is 594. The first-order valence-electron chi connectivity index (χ1n) is 5.13. The Kier molecular flexibility index (Phi) is 3.29. The lowest BCUT2D eigenvalue weighted by Gasteiger charge is -2.00. The highest BCUT2D eigenvalue weighted by atomic mass is 16.6. The first-order valence-corrected chi connectivity index (χ1v) is 5.13. The average Bonchev–Trinajstić information content (AvgIpc) is 2.38. The summed E-state index contributed by atoms with van der Waals surface area (Å²) in [5.74, 6) is 0.260. The number of rotatable bonds is 3. The van der Waals surface area contributed by atoms with Gasteiger partial charge in [-0.2, -0.15) is 0 Å². The standard InChI is InChI=1S/C12H9N3O3/c16-14-8-2-1-3-12(14)13-9-10-4-6-11(7-5-10)15(17)18/h1-9H. The minimum absolute atomic E-state index is 0.0192. The molecule has 1 aromatic carbocycles. The van der Waals surface area contributed by atoms with Crippen molar-refractivity contribution < 1.29 is 9.65 Å². The van der Waals surface area contributed by atoms with Crippen LogP contribution in [0.15, 0.2) is 53.7 Å². The fraction of sp³-hybridized carbons (Fsp3) is 0. The first-order chi connectivity index (χ1) is 8.66. The summed E-state index contributed by atoms with van der Waals surface area (Å²) in [6.45, 7) is 0. The van der Waals surface area contributed by atoms with Crippen LogP contribution in [0.3, 0.4) is 0 Å². The van der Waals surface area contributed by atoms with E-state index in [0.29, 0.717) is 10.3 Å². The molecule has 0 saturated carbocycles. The SMILES string of the molecule is O=[N+]([O-])c1ccc(C=Nc2cccc[n+]2[O-])cc1. The third kappa shape index (κ3) is 2.67. The third-order valence-corrected chi connectivity index (χ3v) is 2.25. The summed E-state index contributed by atoms with van der Waals surface area (Å²) >= 11 is 0. The van der Waals surface area contributed by atoms with Crippen molar-refractivity contribution in [3.8, 4) is 0 Å². The number of pyridine rings is 1. The maximum absolute atomic E-state index is 11.3. The number of aliphatic imine (C=N–C) groups is 1. The Balaban J connectivity index is 2.19. The van der Waals surface area contributed by atoms with Crippen LogP contribution in [-0.2, 0) is 0 Å². The lowest BCUT2D eigenvalue weighted by atomic mass is 10.2. The van der Waals surface area contributed by atoms with Crippen molar-refractivity contribution in [3.05, 3.63) is 69.5 Å². The second-order valence-electron chi connectivity index (χ2n) is 3.49. The van der Waals surface area contributed by atoms with E-state index in [1.54, 1.807) is 30.3 Å².